The van der Waals surface area contributed by atoms with Gasteiger partial charge in [-0.1, -0.05) is 11.6 Å². The van der Waals surface area contributed by atoms with Crippen LogP contribution in [0.5, 0.6) is 0 Å². The molecule has 0 radical (unpaired) electrons. The van der Waals surface area contributed by atoms with E-state index < -0.39 is 35.1 Å². The number of aromatic nitrogens is 1. The second-order valence-corrected chi connectivity index (χ2v) is 6.05. The van der Waals surface area contributed by atoms with Gasteiger partial charge in [-0.25, -0.2) is 8.42 Å². The third-order valence-corrected chi connectivity index (χ3v) is 4.68. The van der Waals surface area contributed by atoms with Crippen molar-refractivity contribution in [1.82, 2.24) is 9.29 Å². The first-order valence-electron chi connectivity index (χ1n) is 5.56. The fourth-order valence-corrected chi connectivity index (χ4v) is 3.07. The lowest BCUT2D eigenvalue weighted by molar-refractivity contribution is -0.143. The Morgan fingerprint density at radius 1 is 1.24 bits per heavy atom. The van der Waals surface area contributed by atoms with Crippen LogP contribution >= 0.6 is 11.6 Å². The Hall–Kier alpha value is -1.71. The van der Waals surface area contributed by atoms with Crippen molar-refractivity contribution >= 4 is 33.6 Å². The second kappa shape index (κ2) is 7.34. The summed E-state index contributed by atoms with van der Waals surface area (Å²) in [6.45, 7) is -1.31. The molecule has 10 heteroatoms. The van der Waals surface area contributed by atoms with E-state index in [-0.39, 0.29) is 9.92 Å². The molecule has 21 heavy (non-hydrogen) atoms. The summed E-state index contributed by atoms with van der Waals surface area (Å²) in [5, 5.41) is -0.0790. The van der Waals surface area contributed by atoms with Gasteiger partial charge in [0, 0.05) is 12.4 Å². The third-order valence-electron chi connectivity index (χ3n) is 2.42. The maximum Gasteiger partial charge on any atom is 0.321 e. The van der Waals surface area contributed by atoms with Crippen LogP contribution in [0.3, 0.4) is 0 Å². The van der Waals surface area contributed by atoms with E-state index in [9.17, 15) is 18.0 Å². The highest BCUT2D eigenvalue weighted by atomic mass is 35.5. The van der Waals surface area contributed by atoms with Gasteiger partial charge in [0.2, 0.25) is 10.0 Å². The summed E-state index contributed by atoms with van der Waals surface area (Å²) in [6, 6.07) is 1.28. The number of rotatable bonds is 6. The molecule has 0 aliphatic rings. The average Bonchev–Trinajstić information content (AvgIpc) is 2.46. The summed E-state index contributed by atoms with van der Waals surface area (Å²) < 4.78 is 34.3. The molecule has 8 nitrogen and oxygen atoms in total. The van der Waals surface area contributed by atoms with Crippen LogP contribution in [0.2, 0.25) is 5.02 Å². The van der Waals surface area contributed by atoms with Crippen LogP contribution in [-0.4, -0.2) is 57.0 Å². The van der Waals surface area contributed by atoms with Crippen molar-refractivity contribution < 1.29 is 27.5 Å². The number of hydrogen-bond acceptors (Lipinski definition) is 7. The van der Waals surface area contributed by atoms with Gasteiger partial charge in [0.25, 0.3) is 0 Å². The second-order valence-electron chi connectivity index (χ2n) is 3.73. The molecule has 0 aliphatic carbocycles. The topological polar surface area (TPSA) is 103 Å². The predicted octanol–water partition coefficient (Wildman–Crippen LogP) is 0.0717. The normalized spacial score (nSPS) is 11.2. The van der Waals surface area contributed by atoms with Crippen molar-refractivity contribution in [3.05, 3.63) is 23.5 Å². The van der Waals surface area contributed by atoms with Crippen LogP contribution in [-0.2, 0) is 29.1 Å². The molecule has 0 bridgehead atoms. The summed E-state index contributed by atoms with van der Waals surface area (Å²) in [4.78, 5) is 26.0. The number of sulfonamides is 1. The predicted molar refractivity (Wildman–Crippen MR) is 72.0 cm³/mol. The van der Waals surface area contributed by atoms with Gasteiger partial charge in [-0.05, 0) is 6.07 Å². The van der Waals surface area contributed by atoms with Gasteiger partial charge in [-0.3, -0.25) is 14.6 Å². The zero-order valence-corrected chi connectivity index (χ0v) is 12.8. The van der Waals surface area contributed by atoms with Gasteiger partial charge in [-0.2, -0.15) is 4.31 Å². The van der Waals surface area contributed by atoms with Gasteiger partial charge < -0.3 is 9.47 Å². The first kappa shape index (κ1) is 17.3. The van der Waals surface area contributed by atoms with Gasteiger partial charge in [0.1, 0.15) is 18.0 Å². The van der Waals surface area contributed by atoms with Crippen molar-refractivity contribution in [2.75, 3.05) is 27.3 Å². The molecule has 0 N–H and O–H groups in total. The van der Waals surface area contributed by atoms with E-state index in [0.29, 0.717) is 4.31 Å². The minimum Gasteiger partial charge on any atom is -0.468 e. The number of halogens is 1. The number of carbonyl (C=O) groups is 2. The summed E-state index contributed by atoms with van der Waals surface area (Å²) >= 11 is 5.82. The molecule has 1 aromatic heterocycles. The highest BCUT2D eigenvalue weighted by Crippen LogP contribution is 2.23. The molecular weight excluding hydrogens is 324 g/mol. The molecule has 0 atom stereocenters. The molecule has 1 heterocycles. The number of hydrogen-bond donors (Lipinski definition) is 0. The molecule has 0 aliphatic heterocycles. The van der Waals surface area contributed by atoms with Crippen molar-refractivity contribution in [3.8, 4) is 0 Å². The highest BCUT2D eigenvalue weighted by Gasteiger charge is 2.31. The van der Waals surface area contributed by atoms with E-state index in [0.717, 1.165) is 20.4 Å². The van der Waals surface area contributed by atoms with Crippen molar-refractivity contribution in [2.24, 2.45) is 0 Å². The van der Waals surface area contributed by atoms with Crippen molar-refractivity contribution in [2.45, 2.75) is 4.90 Å². The Morgan fingerprint density at radius 2 is 1.76 bits per heavy atom. The monoisotopic (exact) mass is 336 g/mol. The molecule has 0 unspecified atom stereocenters. The first-order valence-corrected chi connectivity index (χ1v) is 7.38. The van der Waals surface area contributed by atoms with Crippen LogP contribution in [0, 0.1) is 0 Å². The lowest BCUT2D eigenvalue weighted by Gasteiger charge is -2.20. The maximum absolute atomic E-state index is 12.4. The van der Waals surface area contributed by atoms with Crippen LogP contribution in [0.4, 0.5) is 0 Å². The van der Waals surface area contributed by atoms with Crippen molar-refractivity contribution in [1.29, 1.82) is 0 Å². The molecule has 116 valence electrons. The van der Waals surface area contributed by atoms with E-state index in [4.69, 9.17) is 11.6 Å². The van der Waals surface area contributed by atoms with Crippen LogP contribution in [0.15, 0.2) is 23.4 Å². The van der Waals surface area contributed by atoms with E-state index in [1.165, 1.54) is 12.3 Å². The molecular formula is C11H13ClN2O6S. The summed E-state index contributed by atoms with van der Waals surface area (Å²) in [5.74, 6) is -1.66. The number of methoxy groups -OCH3 is 2. The Balaban J connectivity index is 3.19. The van der Waals surface area contributed by atoms with Crippen LogP contribution in [0.1, 0.15) is 0 Å². The Bertz CT molecular complexity index is 615. The Kier molecular flexibility index (Phi) is 6.06. The van der Waals surface area contributed by atoms with E-state index >= 15 is 0 Å². The fraction of sp³-hybridized carbons (Fsp3) is 0.364. The molecule has 0 aromatic carbocycles. The largest absolute Gasteiger partial charge is 0.468 e. The molecule has 0 fully saturated rings. The Labute approximate surface area is 126 Å². The molecule has 0 spiro atoms. The minimum atomic E-state index is -4.20. The fourth-order valence-electron chi connectivity index (χ4n) is 1.33. The third kappa shape index (κ3) is 4.38. The summed E-state index contributed by atoms with van der Waals surface area (Å²) in [5.41, 5.74) is 0. The van der Waals surface area contributed by atoms with Crippen LogP contribution in [0.25, 0.3) is 0 Å². The van der Waals surface area contributed by atoms with Gasteiger partial charge in [0.05, 0.1) is 19.2 Å². The van der Waals surface area contributed by atoms with Gasteiger partial charge >= 0.3 is 11.9 Å². The molecule has 1 rings (SSSR count). The zero-order chi connectivity index (χ0) is 16.0. The SMILES string of the molecule is COC(=O)CN(CC(=O)OC)S(=O)(=O)c1cnccc1Cl. The van der Waals surface area contributed by atoms with E-state index in [1.54, 1.807) is 0 Å². The average molecular weight is 337 g/mol. The number of ether oxygens (including phenoxy) is 2. The summed E-state index contributed by atoms with van der Waals surface area (Å²) in [7, 11) is -2.01. The lowest BCUT2D eigenvalue weighted by atomic mass is 10.5. The number of pyridine rings is 1. The number of carbonyl (C=O) groups excluding carboxylic acids is 2. The maximum atomic E-state index is 12.4. The number of esters is 2. The quantitative estimate of drug-likeness (QED) is 0.677. The molecule has 0 saturated heterocycles. The standard InChI is InChI=1S/C11H13ClN2O6S/c1-19-10(15)6-14(7-11(16)20-2)21(17,18)9-5-13-4-3-8(9)12/h3-5H,6-7H2,1-2H3. The van der Waals surface area contributed by atoms with Gasteiger partial charge in [0.15, 0.2) is 0 Å². The zero-order valence-electron chi connectivity index (χ0n) is 11.3. The van der Waals surface area contributed by atoms with Crippen LogP contribution < -0.4 is 0 Å². The highest BCUT2D eigenvalue weighted by molar-refractivity contribution is 7.89. The lowest BCUT2D eigenvalue weighted by Crippen LogP contribution is -2.40. The summed E-state index contributed by atoms with van der Waals surface area (Å²) in [6.07, 6.45) is 2.34. The molecule has 0 amide bonds. The number of nitrogens with zero attached hydrogens (tertiary/aromatic N) is 2. The molecule has 1 aromatic rings. The minimum absolute atomic E-state index is 0.0790. The Morgan fingerprint density at radius 3 is 2.19 bits per heavy atom. The van der Waals surface area contributed by atoms with E-state index in [2.05, 4.69) is 14.5 Å². The molecule has 0 saturated carbocycles. The van der Waals surface area contributed by atoms with Gasteiger partial charge in [-0.15, -0.1) is 0 Å². The first-order chi connectivity index (χ1) is 9.82. The van der Waals surface area contributed by atoms with Crippen molar-refractivity contribution in [3.63, 3.8) is 0 Å². The smallest absolute Gasteiger partial charge is 0.321 e. The van der Waals surface area contributed by atoms with E-state index in [1.807, 2.05) is 0 Å².